The number of hydrogen-bond acceptors (Lipinski definition) is 2. The van der Waals surface area contributed by atoms with Gasteiger partial charge >= 0.3 is 0 Å². The fourth-order valence-electron chi connectivity index (χ4n) is 1.33. The van der Waals surface area contributed by atoms with Gasteiger partial charge in [0, 0.05) is 11.6 Å². The van der Waals surface area contributed by atoms with Crippen LogP contribution in [0.25, 0.3) is 0 Å². The van der Waals surface area contributed by atoms with Gasteiger partial charge in [0.15, 0.2) is 0 Å². The molecule has 0 bridgehead atoms. The number of aliphatic hydroxyl groups excluding tert-OH is 1. The molecule has 1 atom stereocenters. The number of aliphatic hydroxyl groups is 1. The number of benzene rings is 1. The minimum Gasteiger partial charge on any atom is -0.384 e. The molecular formula is C11H8F2OS. The van der Waals surface area contributed by atoms with E-state index in [1.165, 1.54) is 17.4 Å². The predicted octanol–water partition coefficient (Wildman–Crippen LogP) is 3.11. The fraction of sp³-hybridized carbons (Fsp3) is 0.0909. The van der Waals surface area contributed by atoms with Crippen LogP contribution in [-0.2, 0) is 0 Å². The highest BCUT2D eigenvalue weighted by Gasteiger charge is 2.15. The molecule has 0 aliphatic carbocycles. The Kier molecular flexibility index (Phi) is 2.79. The van der Waals surface area contributed by atoms with Crippen molar-refractivity contribution in [1.29, 1.82) is 0 Å². The van der Waals surface area contributed by atoms with Crippen LogP contribution in [0.5, 0.6) is 0 Å². The Hall–Kier alpha value is -1.26. The van der Waals surface area contributed by atoms with E-state index in [-0.39, 0.29) is 5.56 Å². The minimum atomic E-state index is -1.03. The number of hydrogen-bond donors (Lipinski definition) is 1. The van der Waals surface area contributed by atoms with Crippen LogP contribution >= 0.6 is 11.3 Å². The second-order valence-corrected chi connectivity index (χ2v) is 3.91. The number of halogens is 2. The molecule has 0 aliphatic rings. The van der Waals surface area contributed by atoms with Gasteiger partial charge in [0.25, 0.3) is 0 Å². The highest BCUT2D eigenvalue weighted by molar-refractivity contribution is 7.07. The normalized spacial score (nSPS) is 12.7. The summed E-state index contributed by atoms with van der Waals surface area (Å²) in [6.45, 7) is 0. The van der Waals surface area contributed by atoms with Crippen LogP contribution in [0.4, 0.5) is 8.78 Å². The summed E-state index contributed by atoms with van der Waals surface area (Å²) in [5.74, 6) is -1.37. The molecule has 0 saturated carbocycles. The summed E-state index contributed by atoms with van der Waals surface area (Å²) < 4.78 is 25.9. The summed E-state index contributed by atoms with van der Waals surface area (Å²) in [5, 5.41) is 13.3. The lowest BCUT2D eigenvalue weighted by Crippen LogP contribution is -2.01. The molecule has 2 rings (SSSR count). The molecule has 4 heteroatoms. The molecule has 0 fully saturated rings. The predicted molar refractivity (Wildman–Crippen MR) is 54.7 cm³/mol. The van der Waals surface area contributed by atoms with Crippen LogP contribution in [-0.4, -0.2) is 5.11 Å². The number of rotatable bonds is 2. The lowest BCUT2D eigenvalue weighted by Gasteiger charge is -2.10. The third-order valence-corrected chi connectivity index (χ3v) is 2.82. The fourth-order valence-corrected chi connectivity index (χ4v) is 2.01. The van der Waals surface area contributed by atoms with Crippen molar-refractivity contribution in [2.75, 3.05) is 0 Å². The Balaban J connectivity index is 2.38. The molecule has 0 aliphatic heterocycles. The lowest BCUT2D eigenvalue weighted by molar-refractivity contribution is 0.215. The SMILES string of the molecule is OC(c1ccsc1)c1ccc(F)cc1F. The van der Waals surface area contributed by atoms with E-state index in [2.05, 4.69) is 0 Å². The standard InChI is InChI=1S/C11H8F2OS/c12-8-1-2-9(10(13)5-8)11(14)7-3-4-15-6-7/h1-6,11,14H. The van der Waals surface area contributed by atoms with E-state index in [0.717, 1.165) is 12.1 Å². The molecule has 0 radical (unpaired) electrons. The lowest BCUT2D eigenvalue weighted by atomic mass is 10.0. The summed E-state index contributed by atoms with van der Waals surface area (Å²) in [7, 11) is 0. The van der Waals surface area contributed by atoms with Crippen molar-refractivity contribution in [2.24, 2.45) is 0 Å². The quantitative estimate of drug-likeness (QED) is 0.834. The maximum atomic E-state index is 13.3. The maximum Gasteiger partial charge on any atom is 0.132 e. The van der Waals surface area contributed by atoms with Crippen molar-refractivity contribution in [2.45, 2.75) is 6.10 Å². The van der Waals surface area contributed by atoms with Gasteiger partial charge in [-0.25, -0.2) is 8.78 Å². The zero-order valence-corrected chi connectivity index (χ0v) is 8.47. The summed E-state index contributed by atoms with van der Waals surface area (Å²) in [6.07, 6.45) is -1.03. The molecule has 1 aromatic carbocycles. The highest BCUT2D eigenvalue weighted by Crippen LogP contribution is 2.26. The van der Waals surface area contributed by atoms with Crippen molar-refractivity contribution in [3.63, 3.8) is 0 Å². The third-order valence-electron chi connectivity index (χ3n) is 2.12. The Morgan fingerprint density at radius 3 is 2.60 bits per heavy atom. The second kappa shape index (κ2) is 4.08. The van der Waals surface area contributed by atoms with Crippen LogP contribution in [0.1, 0.15) is 17.2 Å². The van der Waals surface area contributed by atoms with Crippen LogP contribution in [0.15, 0.2) is 35.0 Å². The van der Waals surface area contributed by atoms with Gasteiger partial charge in [0.05, 0.1) is 0 Å². The van der Waals surface area contributed by atoms with Crippen molar-refractivity contribution >= 4 is 11.3 Å². The van der Waals surface area contributed by atoms with E-state index in [9.17, 15) is 13.9 Å². The van der Waals surface area contributed by atoms with E-state index >= 15 is 0 Å². The van der Waals surface area contributed by atoms with Crippen molar-refractivity contribution in [3.8, 4) is 0 Å². The van der Waals surface area contributed by atoms with Gasteiger partial charge in [-0.3, -0.25) is 0 Å². The van der Waals surface area contributed by atoms with Gasteiger partial charge in [-0.05, 0) is 28.5 Å². The zero-order valence-electron chi connectivity index (χ0n) is 7.65. The van der Waals surface area contributed by atoms with Gasteiger partial charge < -0.3 is 5.11 Å². The second-order valence-electron chi connectivity index (χ2n) is 3.13. The summed E-state index contributed by atoms with van der Waals surface area (Å²) in [4.78, 5) is 0. The molecule has 1 nitrogen and oxygen atoms in total. The average Bonchev–Trinajstić information content (AvgIpc) is 2.69. The first-order chi connectivity index (χ1) is 7.18. The first-order valence-corrected chi connectivity index (χ1v) is 5.28. The molecule has 1 N–H and O–H groups in total. The molecule has 1 unspecified atom stereocenters. The van der Waals surface area contributed by atoms with Crippen molar-refractivity contribution in [3.05, 3.63) is 57.8 Å². The molecule has 0 spiro atoms. The molecule has 0 saturated heterocycles. The van der Waals surface area contributed by atoms with Gasteiger partial charge in [0.2, 0.25) is 0 Å². The first kappa shape index (κ1) is 10.3. The summed E-state index contributed by atoms with van der Waals surface area (Å²) in [6, 6.07) is 4.87. The van der Waals surface area contributed by atoms with Crippen LogP contribution in [0.3, 0.4) is 0 Å². The third kappa shape index (κ3) is 2.06. The van der Waals surface area contributed by atoms with E-state index in [4.69, 9.17) is 0 Å². The molecule has 0 amide bonds. The van der Waals surface area contributed by atoms with Gasteiger partial charge in [0.1, 0.15) is 17.7 Å². The summed E-state index contributed by atoms with van der Waals surface area (Å²) in [5.41, 5.74) is 0.709. The summed E-state index contributed by atoms with van der Waals surface area (Å²) >= 11 is 1.42. The van der Waals surface area contributed by atoms with E-state index in [1.54, 1.807) is 16.8 Å². The van der Waals surface area contributed by atoms with Crippen LogP contribution in [0.2, 0.25) is 0 Å². The zero-order chi connectivity index (χ0) is 10.8. The Morgan fingerprint density at radius 1 is 1.20 bits per heavy atom. The highest BCUT2D eigenvalue weighted by atomic mass is 32.1. The van der Waals surface area contributed by atoms with E-state index in [0.29, 0.717) is 5.56 Å². The Labute approximate surface area is 89.6 Å². The smallest absolute Gasteiger partial charge is 0.132 e. The minimum absolute atomic E-state index is 0.0924. The van der Waals surface area contributed by atoms with Gasteiger partial charge in [-0.15, -0.1) is 0 Å². The van der Waals surface area contributed by atoms with Crippen LogP contribution < -0.4 is 0 Å². The van der Waals surface area contributed by atoms with Crippen molar-refractivity contribution < 1.29 is 13.9 Å². The van der Waals surface area contributed by atoms with Gasteiger partial charge in [-0.2, -0.15) is 11.3 Å². The topological polar surface area (TPSA) is 20.2 Å². The van der Waals surface area contributed by atoms with E-state index in [1.807, 2.05) is 0 Å². The molecular weight excluding hydrogens is 218 g/mol. The Bertz CT molecular complexity index is 454. The molecule has 15 heavy (non-hydrogen) atoms. The molecule has 1 aromatic heterocycles. The van der Waals surface area contributed by atoms with E-state index < -0.39 is 17.7 Å². The first-order valence-electron chi connectivity index (χ1n) is 4.33. The molecule has 2 aromatic rings. The monoisotopic (exact) mass is 226 g/mol. The number of thiophene rings is 1. The van der Waals surface area contributed by atoms with Crippen LogP contribution in [0, 0.1) is 11.6 Å². The van der Waals surface area contributed by atoms with Crippen molar-refractivity contribution in [1.82, 2.24) is 0 Å². The largest absolute Gasteiger partial charge is 0.384 e. The average molecular weight is 226 g/mol. The molecule has 1 heterocycles. The van der Waals surface area contributed by atoms with Gasteiger partial charge in [-0.1, -0.05) is 6.07 Å². The Morgan fingerprint density at radius 2 is 2.00 bits per heavy atom. The molecule has 78 valence electrons. The maximum absolute atomic E-state index is 13.3.